The van der Waals surface area contributed by atoms with Crippen molar-refractivity contribution in [2.24, 2.45) is 0 Å². The highest BCUT2D eigenvalue weighted by molar-refractivity contribution is 5.97. The zero-order chi connectivity index (χ0) is 15.5. The van der Waals surface area contributed by atoms with Crippen LogP contribution >= 0.6 is 0 Å². The van der Waals surface area contributed by atoms with Gasteiger partial charge in [0.25, 0.3) is 11.8 Å². The Labute approximate surface area is 127 Å². The number of hydrogen-bond donors (Lipinski definition) is 2. The minimum Gasteiger partial charge on any atom is -0.479 e. The van der Waals surface area contributed by atoms with Crippen molar-refractivity contribution < 1.29 is 14.3 Å². The average Bonchev–Trinajstić information content (AvgIpc) is 2.54. The predicted octanol–water partition coefficient (Wildman–Crippen LogP) is 1.73. The number of rotatable bonds is 3. The van der Waals surface area contributed by atoms with Gasteiger partial charge in [0.1, 0.15) is 5.75 Å². The molecule has 1 unspecified atom stereocenters. The van der Waals surface area contributed by atoms with Gasteiger partial charge in [0.05, 0.1) is 11.3 Å². The number of fused-ring (bicyclic) bond motifs is 1. The minimum absolute atomic E-state index is 0.177. The third-order valence-electron chi connectivity index (χ3n) is 3.35. The van der Waals surface area contributed by atoms with Crippen LogP contribution in [0.3, 0.4) is 0 Å². The van der Waals surface area contributed by atoms with E-state index in [1.165, 1.54) is 6.20 Å². The number of carbonyl (C=O) groups excluding carboxylic acids is 2. The van der Waals surface area contributed by atoms with E-state index < -0.39 is 6.10 Å². The van der Waals surface area contributed by atoms with Crippen LogP contribution in [0.1, 0.15) is 22.8 Å². The molecule has 0 aliphatic carbocycles. The zero-order valence-electron chi connectivity index (χ0n) is 12.0. The molecule has 0 spiro atoms. The summed E-state index contributed by atoms with van der Waals surface area (Å²) in [6.07, 6.45) is 2.63. The molecule has 6 nitrogen and oxygen atoms in total. The largest absolute Gasteiger partial charge is 0.479 e. The van der Waals surface area contributed by atoms with Gasteiger partial charge >= 0.3 is 0 Å². The Morgan fingerprint density at radius 2 is 2.27 bits per heavy atom. The maximum Gasteiger partial charge on any atom is 0.265 e. The molecular formula is C16H15N3O3. The lowest BCUT2D eigenvalue weighted by atomic mass is 10.1. The van der Waals surface area contributed by atoms with Gasteiger partial charge in [-0.15, -0.1) is 0 Å². The fraction of sp³-hybridized carbons (Fsp3) is 0.188. The van der Waals surface area contributed by atoms with Crippen LogP contribution in [-0.4, -0.2) is 22.9 Å². The van der Waals surface area contributed by atoms with Crippen LogP contribution in [0.5, 0.6) is 5.75 Å². The maximum absolute atomic E-state index is 12.0. The molecule has 112 valence electrons. The van der Waals surface area contributed by atoms with Gasteiger partial charge < -0.3 is 15.4 Å². The molecule has 1 atom stereocenters. The van der Waals surface area contributed by atoms with Crippen molar-refractivity contribution in [2.45, 2.75) is 19.6 Å². The molecule has 1 aliphatic heterocycles. The van der Waals surface area contributed by atoms with Gasteiger partial charge in [0.2, 0.25) is 0 Å². The molecule has 1 aromatic heterocycles. The summed E-state index contributed by atoms with van der Waals surface area (Å²) < 4.78 is 5.49. The monoisotopic (exact) mass is 297 g/mol. The van der Waals surface area contributed by atoms with E-state index in [1.807, 2.05) is 6.07 Å². The first-order valence-electron chi connectivity index (χ1n) is 6.92. The second-order valence-corrected chi connectivity index (χ2v) is 5.00. The topological polar surface area (TPSA) is 80.3 Å². The number of ether oxygens (including phenoxy) is 1. The van der Waals surface area contributed by atoms with Crippen molar-refractivity contribution in [2.75, 3.05) is 5.32 Å². The number of aromatic nitrogens is 1. The molecule has 0 bridgehead atoms. The van der Waals surface area contributed by atoms with Crippen LogP contribution in [-0.2, 0) is 11.3 Å². The standard InChI is InChI=1S/C16H15N3O3/c1-10-15(20)19-13-7-11(4-5-14(13)22-10)8-18-16(21)12-3-2-6-17-9-12/h2-7,9-10H,8H2,1H3,(H,18,21)(H,19,20). The van der Waals surface area contributed by atoms with E-state index in [2.05, 4.69) is 15.6 Å². The number of nitrogens with one attached hydrogen (secondary N) is 2. The van der Waals surface area contributed by atoms with Gasteiger partial charge in [0.15, 0.2) is 6.10 Å². The van der Waals surface area contributed by atoms with Crippen LogP contribution in [0, 0.1) is 0 Å². The lowest BCUT2D eigenvalue weighted by Crippen LogP contribution is -2.34. The number of benzene rings is 1. The fourth-order valence-electron chi connectivity index (χ4n) is 2.15. The summed E-state index contributed by atoms with van der Waals surface area (Å²) in [7, 11) is 0. The van der Waals surface area contributed by atoms with Crippen molar-refractivity contribution in [1.82, 2.24) is 10.3 Å². The molecule has 1 aromatic carbocycles. The summed E-state index contributed by atoms with van der Waals surface area (Å²) in [6.45, 7) is 2.05. The lowest BCUT2D eigenvalue weighted by molar-refractivity contribution is -0.122. The molecule has 0 saturated carbocycles. The van der Waals surface area contributed by atoms with Crippen LogP contribution < -0.4 is 15.4 Å². The van der Waals surface area contributed by atoms with E-state index in [4.69, 9.17) is 4.74 Å². The molecule has 22 heavy (non-hydrogen) atoms. The Bertz CT molecular complexity index is 716. The normalized spacial score (nSPS) is 16.2. The first kappa shape index (κ1) is 14.1. The number of nitrogens with zero attached hydrogens (tertiary/aromatic N) is 1. The second-order valence-electron chi connectivity index (χ2n) is 5.00. The van der Waals surface area contributed by atoms with Crippen molar-refractivity contribution in [3.63, 3.8) is 0 Å². The van der Waals surface area contributed by atoms with Gasteiger partial charge in [-0.25, -0.2) is 0 Å². The number of pyridine rings is 1. The van der Waals surface area contributed by atoms with Crippen molar-refractivity contribution in [3.05, 3.63) is 53.9 Å². The van der Waals surface area contributed by atoms with Crippen LogP contribution in [0.4, 0.5) is 5.69 Å². The molecule has 2 N–H and O–H groups in total. The minimum atomic E-state index is -0.497. The fourth-order valence-corrected chi connectivity index (χ4v) is 2.15. The van der Waals surface area contributed by atoms with E-state index in [9.17, 15) is 9.59 Å². The Balaban J connectivity index is 1.68. The van der Waals surface area contributed by atoms with E-state index in [0.29, 0.717) is 23.5 Å². The van der Waals surface area contributed by atoms with E-state index in [-0.39, 0.29) is 11.8 Å². The van der Waals surface area contributed by atoms with E-state index in [0.717, 1.165) is 5.56 Å². The molecular weight excluding hydrogens is 282 g/mol. The quantitative estimate of drug-likeness (QED) is 0.904. The summed E-state index contributed by atoms with van der Waals surface area (Å²) >= 11 is 0. The van der Waals surface area contributed by atoms with Crippen molar-refractivity contribution >= 4 is 17.5 Å². The molecule has 2 aromatic rings. The summed E-state index contributed by atoms with van der Waals surface area (Å²) in [6, 6.07) is 8.85. The first-order chi connectivity index (χ1) is 10.6. The zero-order valence-corrected chi connectivity index (χ0v) is 12.0. The van der Waals surface area contributed by atoms with Crippen LogP contribution in [0.25, 0.3) is 0 Å². The van der Waals surface area contributed by atoms with Crippen LogP contribution in [0.15, 0.2) is 42.7 Å². The Hall–Kier alpha value is -2.89. The van der Waals surface area contributed by atoms with Crippen molar-refractivity contribution in [1.29, 1.82) is 0 Å². The molecule has 0 fully saturated rings. The highest BCUT2D eigenvalue weighted by Gasteiger charge is 2.23. The summed E-state index contributed by atoms with van der Waals surface area (Å²) in [4.78, 5) is 27.5. The summed E-state index contributed by atoms with van der Waals surface area (Å²) in [5.41, 5.74) is 2.00. The number of anilines is 1. The number of amides is 2. The maximum atomic E-state index is 12.0. The molecule has 0 radical (unpaired) electrons. The smallest absolute Gasteiger partial charge is 0.265 e. The molecule has 2 amide bonds. The van der Waals surface area contributed by atoms with E-state index in [1.54, 1.807) is 37.4 Å². The summed E-state index contributed by atoms with van der Waals surface area (Å²) in [5.74, 6) is 0.262. The molecule has 3 rings (SSSR count). The SMILES string of the molecule is CC1Oc2ccc(CNC(=O)c3cccnc3)cc2NC1=O. The van der Waals surface area contributed by atoms with Crippen LogP contribution in [0.2, 0.25) is 0 Å². The number of carbonyl (C=O) groups is 2. The van der Waals surface area contributed by atoms with Crippen molar-refractivity contribution in [3.8, 4) is 5.75 Å². The molecule has 2 heterocycles. The van der Waals surface area contributed by atoms with Gasteiger partial charge in [-0.05, 0) is 36.8 Å². The lowest BCUT2D eigenvalue weighted by Gasteiger charge is -2.23. The third-order valence-corrected chi connectivity index (χ3v) is 3.35. The highest BCUT2D eigenvalue weighted by Crippen LogP contribution is 2.30. The Kier molecular flexibility index (Phi) is 3.74. The van der Waals surface area contributed by atoms with Gasteiger partial charge in [0, 0.05) is 18.9 Å². The molecule has 6 heteroatoms. The predicted molar refractivity (Wildman–Crippen MR) is 80.6 cm³/mol. The first-order valence-corrected chi connectivity index (χ1v) is 6.92. The highest BCUT2D eigenvalue weighted by atomic mass is 16.5. The van der Waals surface area contributed by atoms with Gasteiger partial charge in [-0.2, -0.15) is 0 Å². The average molecular weight is 297 g/mol. The summed E-state index contributed by atoms with van der Waals surface area (Å²) in [5, 5.41) is 5.59. The van der Waals surface area contributed by atoms with Gasteiger partial charge in [-0.3, -0.25) is 14.6 Å². The number of hydrogen-bond acceptors (Lipinski definition) is 4. The molecule has 1 aliphatic rings. The Morgan fingerprint density at radius 3 is 3.05 bits per heavy atom. The van der Waals surface area contributed by atoms with E-state index >= 15 is 0 Å². The third kappa shape index (κ3) is 2.90. The Morgan fingerprint density at radius 1 is 1.41 bits per heavy atom. The second kappa shape index (κ2) is 5.85. The molecule has 0 saturated heterocycles. The van der Waals surface area contributed by atoms with Gasteiger partial charge in [-0.1, -0.05) is 6.07 Å².